The number of hydrogen-bond donors (Lipinski definition) is 5. The molecule has 0 aromatic heterocycles. The fourth-order valence-electron chi connectivity index (χ4n) is 0.150. The van der Waals surface area contributed by atoms with Crippen LogP contribution in [0.1, 0.15) is 0 Å². The van der Waals surface area contributed by atoms with Crippen LogP contribution in [0.15, 0.2) is 0 Å². The molecule has 0 aliphatic heterocycles. The summed E-state index contributed by atoms with van der Waals surface area (Å²) in [5, 5.41) is 25.0. The molecule has 5 nitrogen and oxygen atoms in total. The highest BCUT2D eigenvalue weighted by atomic mass is 19.3. The van der Waals surface area contributed by atoms with E-state index in [9.17, 15) is 8.78 Å². The van der Waals surface area contributed by atoms with Gasteiger partial charge in [0.15, 0.2) is 0 Å². The molecule has 0 heterocycles. The zero-order chi connectivity index (χ0) is 10.9. The summed E-state index contributed by atoms with van der Waals surface area (Å²) in [7, 11) is 0. The summed E-state index contributed by atoms with van der Waals surface area (Å²) in [5.74, 6) is 0. The highest BCUT2D eigenvalue weighted by Crippen LogP contribution is 1.93. The van der Waals surface area contributed by atoms with Gasteiger partial charge < -0.3 is 26.8 Å². The fourth-order valence-corrected chi connectivity index (χ4v) is 0.150. The molecule has 0 radical (unpaired) electrons. The molecule has 0 atom stereocenters. The van der Waals surface area contributed by atoms with E-state index >= 15 is 0 Å². The van der Waals surface area contributed by atoms with E-state index in [1.165, 1.54) is 0 Å². The first kappa shape index (κ1) is 15.1. The molecule has 7 N–H and O–H groups in total. The molecule has 0 spiro atoms. The van der Waals surface area contributed by atoms with E-state index in [0.717, 1.165) is 0 Å². The van der Waals surface area contributed by atoms with Gasteiger partial charge in [-0.2, -0.15) is 0 Å². The number of rotatable bonds is 4. The van der Waals surface area contributed by atoms with Gasteiger partial charge in [-0.25, -0.2) is 8.78 Å². The van der Waals surface area contributed by atoms with Crippen molar-refractivity contribution in [2.45, 2.75) is 12.0 Å². The van der Waals surface area contributed by atoms with Crippen LogP contribution in [0.2, 0.25) is 0 Å². The van der Waals surface area contributed by atoms with Crippen LogP contribution >= 0.6 is 0 Å². The Morgan fingerprint density at radius 1 is 1.08 bits per heavy atom. The third-order valence-electron chi connectivity index (χ3n) is 1.12. The Bertz CT molecular complexity index is 104. The first-order chi connectivity index (χ1) is 5.95. The molecule has 0 rings (SSSR count). The van der Waals surface area contributed by atoms with E-state index in [-0.39, 0.29) is 0 Å². The number of halogens is 2. The molecular formula is C6H16F2N2O3. The van der Waals surface area contributed by atoms with Crippen molar-refractivity contribution in [3.05, 3.63) is 0 Å². The molecule has 0 unspecified atom stereocenters. The lowest BCUT2D eigenvalue weighted by atomic mass is 10.1. The van der Waals surface area contributed by atoms with Crippen LogP contribution in [0.4, 0.5) is 8.78 Å². The van der Waals surface area contributed by atoms with Crippen molar-refractivity contribution in [3.63, 3.8) is 0 Å². The van der Waals surface area contributed by atoms with Crippen LogP contribution in [0.25, 0.3) is 0 Å². The minimum atomic E-state index is -2.34. The van der Waals surface area contributed by atoms with Crippen molar-refractivity contribution in [2.75, 3.05) is 26.4 Å². The Labute approximate surface area is 75.0 Å². The minimum absolute atomic E-state index is 0.403. The monoisotopic (exact) mass is 202 g/mol. The summed E-state index contributed by atoms with van der Waals surface area (Å²) >= 11 is 0. The van der Waals surface area contributed by atoms with Crippen molar-refractivity contribution in [3.8, 4) is 0 Å². The van der Waals surface area contributed by atoms with Crippen LogP contribution in [0.5, 0.6) is 0 Å². The zero-order valence-electron chi connectivity index (χ0n) is 7.16. The Balaban J connectivity index is 0. The quantitative estimate of drug-likeness (QED) is 0.357. The van der Waals surface area contributed by atoms with Gasteiger partial charge in [0.05, 0.1) is 31.9 Å². The van der Waals surface area contributed by atoms with Crippen molar-refractivity contribution < 1.29 is 24.1 Å². The summed E-state index contributed by atoms with van der Waals surface area (Å²) < 4.78 is 21.3. The number of aliphatic hydroxyl groups excluding tert-OH is 3. The lowest BCUT2D eigenvalue weighted by Crippen LogP contribution is -2.50. The summed E-state index contributed by atoms with van der Waals surface area (Å²) in [5.41, 5.74) is 8.36. The predicted molar refractivity (Wildman–Crippen MR) is 43.2 cm³/mol. The van der Waals surface area contributed by atoms with Gasteiger partial charge in [0.2, 0.25) is 0 Å². The largest absolute Gasteiger partial charge is 0.394 e. The molecule has 0 aromatic carbocycles. The van der Waals surface area contributed by atoms with Crippen LogP contribution in [0, 0.1) is 0 Å². The molecule has 0 amide bonds. The second-order valence-electron chi connectivity index (χ2n) is 2.46. The molecular weight excluding hydrogens is 186 g/mol. The number of nitrogens with two attached hydrogens (primary N) is 2. The Kier molecular flexibility index (Phi) is 9.63. The Morgan fingerprint density at radius 2 is 1.31 bits per heavy atom. The highest BCUT2D eigenvalue weighted by Gasteiger charge is 2.20. The summed E-state index contributed by atoms with van der Waals surface area (Å²) in [4.78, 5) is 0. The van der Waals surface area contributed by atoms with E-state index in [1.807, 2.05) is 0 Å². The van der Waals surface area contributed by atoms with Crippen molar-refractivity contribution in [1.29, 1.82) is 0 Å². The molecule has 0 aromatic rings. The summed E-state index contributed by atoms with van der Waals surface area (Å²) in [6.45, 7) is -1.74. The number of alkyl halides is 2. The SMILES string of the molecule is NC(CO)(CO)CO.NCC(F)F. The van der Waals surface area contributed by atoms with Gasteiger partial charge in [-0.15, -0.1) is 0 Å². The lowest BCUT2D eigenvalue weighted by Gasteiger charge is -2.20. The first-order valence-corrected chi connectivity index (χ1v) is 3.55. The van der Waals surface area contributed by atoms with Crippen molar-refractivity contribution >= 4 is 0 Å². The smallest absolute Gasteiger partial charge is 0.250 e. The van der Waals surface area contributed by atoms with E-state index in [4.69, 9.17) is 21.1 Å². The van der Waals surface area contributed by atoms with Crippen molar-refractivity contribution in [1.82, 2.24) is 0 Å². The molecule has 0 fully saturated rings. The fraction of sp³-hybridized carbons (Fsp3) is 1.00. The number of aliphatic hydroxyl groups is 3. The molecule has 0 saturated carbocycles. The standard InChI is InChI=1S/C4H11NO3.C2H5F2N/c5-4(1-6,2-7)3-8;3-2(4)1-5/h6-8H,1-3,5H2;2H,1,5H2. The molecule has 82 valence electrons. The van der Waals surface area contributed by atoms with Gasteiger partial charge in [0.25, 0.3) is 6.43 Å². The highest BCUT2D eigenvalue weighted by molar-refractivity contribution is 4.80. The van der Waals surface area contributed by atoms with E-state index in [0.29, 0.717) is 0 Å². The molecule has 0 aliphatic rings. The van der Waals surface area contributed by atoms with E-state index in [1.54, 1.807) is 0 Å². The minimum Gasteiger partial charge on any atom is -0.394 e. The maximum absolute atomic E-state index is 10.6. The third-order valence-corrected chi connectivity index (χ3v) is 1.12. The summed E-state index contributed by atoms with van der Waals surface area (Å²) in [6, 6.07) is 0. The molecule has 13 heavy (non-hydrogen) atoms. The Hall–Kier alpha value is -0.340. The summed E-state index contributed by atoms with van der Waals surface area (Å²) in [6.07, 6.45) is -2.34. The average Bonchev–Trinajstić information content (AvgIpc) is 2.17. The maximum atomic E-state index is 10.6. The van der Waals surface area contributed by atoms with Gasteiger partial charge in [-0.05, 0) is 0 Å². The first-order valence-electron chi connectivity index (χ1n) is 3.55. The molecule has 0 bridgehead atoms. The molecule has 0 aliphatic carbocycles. The molecule has 7 heteroatoms. The molecule has 0 saturated heterocycles. The van der Waals surface area contributed by atoms with Gasteiger partial charge in [-0.1, -0.05) is 0 Å². The van der Waals surface area contributed by atoms with E-state index in [2.05, 4.69) is 5.73 Å². The lowest BCUT2D eigenvalue weighted by molar-refractivity contribution is 0.0697. The van der Waals surface area contributed by atoms with E-state index < -0.39 is 38.3 Å². The van der Waals surface area contributed by atoms with Gasteiger partial charge >= 0.3 is 0 Å². The van der Waals surface area contributed by atoms with Crippen LogP contribution in [-0.4, -0.2) is 53.6 Å². The van der Waals surface area contributed by atoms with Crippen LogP contribution < -0.4 is 11.5 Å². The normalized spacial score (nSPS) is 11.1. The van der Waals surface area contributed by atoms with Gasteiger partial charge in [0, 0.05) is 0 Å². The zero-order valence-corrected chi connectivity index (χ0v) is 7.16. The van der Waals surface area contributed by atoms with Gasteiger partial charge in [-0.3, -0.25) is 0 Å². The van der Waals surface area contributed by atoms with Gasteiger partial charge in [0.1, 0.15) is 0 Å². The average molecular weight is 202 g/mol. The Morgan fingerprint density at radius 3 is 1.31 bits per heavy atom. The van der Waals surface area contributed by atoms with Crippen LogP contribution in [-0.2, 0) is 0 Å². The second kappa shape index (κ2) is 8.27. The van der Waals surface area contributed by atoms with Crippen LogP contribution in [0.3, 0.4) is 0 Å². The van der Waals surface area contributed by atoms with Crippen molar-refractivity contribution in [2.24, 2.45) is 11.5 Å². The topological polar surface area (TPSA) is 113 Å². The third kappa shape index (κ3) is 9.57. The second-order valence-corrected chi connectivity index (χ2v) is 2.46. The number of hydrogen-bond acceptors (Lipinski definition) is 5. The predicted octanol–water partition coefficient (Wildman–Crippen LogP) is -2.13. The maximum Gasteiger partial charge on any atom is 0.250 e.